The van der Waals surface area contributed by atoms with Crippen LogP contribution in [-0.4, -0.2) is 31.2 Å². The summed E-state index contributed by atoms with van der Waals surface area (Å²) in [7, 11) is 0. The van der Waals surface area contributed by atoms with Gasteiger partial charge >= 0.3 is 6.03 Å². The smallest absolute Gasteiger partial charge is 0.315 e. The molecule has 16 heavy (non-hydrogen) atoms. The van der Waals surface area contributed by atoms with Gasteiger partial charge in [-0.1, -0.05) is 13.8 Å². The Kier molecular flexibility index (Phi) is 4.59. The fourth-order valence-corrected chi connectivity index (χ4v) is 2.13. The van der Waals surface area contributed by atoms with Crippen molar-refractivity contribution in [1.29, 1.82) is 0 Å². The third-order valence-corrected chi connectivity index (χ3v) is 3.22. The van der Waals surface area contributed by atoms with Crippen LogP contribution in [-0.2, 0) is 0 Å². The second kappa shape index (κ2) is 5.53. The topological polar surface area (TPSA) is 53.2 Å². The molecular formula is C12H25N3O. The van der Waals surface area contributed by atoms with E-state index in [9.17, 15) is 4.79 Å². The summed E-state index contributed by atoms with van der Waals surface area (Å²) in [6, 6.07) is 0.490. The van der Waals surface area contributed by atoms with Crippen LogP contribution in [0.15, 0.2) is 0 Å². The predicted octanol–water partition coefficient (Wildman–Crippen LogP) is 1.47. The first-order valence-electron chi connectivity index (χ1n) is 6.19. The van der Waals surface area contributed by atoms with Crippen LogP contribution in [0.4, 0.5) is 4.79 Å². The van der Waals surface area contributed by atoms with E-state index in [0.717, 1.165) is 6.54 Å². The van der Waals surface area contributed by atoms with Crippen LogP contribution in [0, 0.1) is 5.41 Å². The first kappa shape index (κ1) is 13.3. The molecule has 1 heterocycles. The maximum atomic E-state index is 11.5. The van der Waals surface area contributed by atoms with Crippen LogP contribution in [0.3, 0.4) is 0 Å². The van der Waals surface area contributed by atoms with E-state index in [1.165, 1.54) is 12.8 Å². The second-order valence-corrected chi connectivity index (χ2v) is 5.61. The molecule has 0 saturated carbocycles. The van der Waals surface area contributed by atoms with Gasteiger partial charge in [0.15, 0.2) is 0 Å². The lowest BCUT2D eigenvalue weighted by atomic mass is 9.77. The van der Waals surface area contributed by atoms with Gasteiger partial charge in [0.2, 0.25) is 0 Å². The Hall–Kier alpha value is -0.770. The molecule has 4 heteroatoms. The summed E-state index contributed by atoms with van der Waals surface area (Å²) in [5.41, 5.74) is 0.267. The zero-order valence-corrected chi connectivity index (χ0v) is 10.9. The SMILES string of the molecule is CC(C)NC(=O)NCC1NCCCC1(C)C. The molecule has 1 aliphatic rings. The number of hydrogen-bond donors (Lipinski definition) is 3. The van der Waals surface area contributed by atoms with E-state index in [1.807, 2.05) is 13.8 Å². The normalized spacial score (nSPS) is 24.2. The van der Waals surface area contributed by atoms with Crippen LogP contribution in [0.25, 0.3) is 0 Å². The number of amides is 2. The summed E-state index contributed by atoms with van der Waals surface area (Å²) in [5.74, 6) is 0. The highest BCUT2D eigenvalue weighted by molar-refractivity contribution is 5.74. The second-order valence-electron chi connectivity index (χ2n) is 5.61. The quantitative estimate of drug-likeness (QED) is 0.684. The molecular weight excluding hydrogens is 202 g/mol. The summed E-state index contributed by atoms with van der Waals surface area (Å²) in [6.07, 6.45) is 2.44. The average molecular weight is 227 g/mol. The summed E-state index contributed by atoms with van der Waals surface area (Å²) in [4.78, 5) is 11.5. The molecule has 1 atom stereocenters. The maximum absolute atomic E-state index is 11.5. The van der Waals surface area contributed by atoms with Crippen molar-refractivity contribution < 1.29 is 4.79 Å². The summed E-state index contributed by atoms with van der Waals surface area (Å²) < 4.78 is 0. The summed E-state index contributed by atoms with van der Waals surface area (Å²) in [5, 5.41) is 9.23. The summed E-state index contributed by atoms with van der Waals surface area (Å²) >= 11 is 0. The van der Waals surface area contributed by atoms with E-state index in [0.29, 0.717) is 12.6 Å². The third-order valence-electron chi connectivity index (χ3n) is 3.22. The van der Waals surface area contributed by atoms with E-state index in [4.69, 9.17) is 0 Å². The zero-order valence-electron chi connectivity index (χ0n) is 10.9. The molecule has 0 aromatic heterocycles. The van der Waals surface area contributed by atoms with Gasteiger partial charge in [0.05, 0.1) is 0 Å². The number of rotatable bonds is 3. The minimum atomic E-state index is -0.0711. The van der Waals surface area contributed by atoms with Gasteiger partial charge < -0.3 is 16.0 Å². The summed E-state index contributed by atoms with van der Waals surface area (Å²) in [6.45, 7) is 10.2. The molecule has 1 unspecified atom stereocenters. The van der Waals surface area contributed by atoms with Crippen LogP contribution in [0.5, 0.6) is 0 Å². The third kappa shape index (κ3) is 4.00. The van der Waals surface area contributed by atoms with Gasteiger partial charge in [-0.05, 0) is 38.6 Å². The average Bonchev–Trinajstić information content (AvgIpc) is 2.14. The molecule has 0 aromatic rings. The molecule has 0 spiro atoms. The van der Waals surface area contributed by atoms with E-state index in [-0.39, 0.29) is 17.5 Å². The lowest BCUT2D eigenvalue weighted by Crippen LogP contribution is -2.54. The van der Waals surface area contributed by atoms with Crippen molar-refractivity contribution in [1.82, 2.24) is 16.0 Å². The van der Waals surface area contributed by atoms with E-state index < -0.39 is 0 Å². The maximum Gasteiger partial charge on any atom is 0.315 e. The van der Waals surface area contributed by atoms with Crippen molar-refractivity contribution in [2.45, 2.75) is 52.6 Å². The number of urea groups is 1. The first-order valence-corrected chi connectivity index (χ1v) is 6.19. The minimum absolute atomic E-state index is 0.0711. The van der Waals surface area contributed by atoms with E-state index >= 15 is 0 Å². The van der Waals surface area contributed by atoms with Crippen LogP contribution >= 0.6 is 0 Å². The molecule has 1 fully saturated rings. The van der Waals surface area contributed by atoms with Gasteiger partial charge in [0, 0.05) is 18.6 Å². The van der Waals surface area contributed by atoms with Gasteiger partial charge in [-0.3, -0.25) is 0 Å². The number of carbonyl (C=O) groups excluding carboxylic acids is 1. The number of piperidine rings is 1. The van der Waals surface area contributed by atoms with Crippen molar-refractivity contribution in [3.63, 3.8) is 0 Å². The van der Waals surface area contributed by atoms with Crippen molar-refractivity contribution in [2.24, 2.45) is 5.41 Å². The molecule has 1 saturated heterocycles. The van der Waals surface area contributed by atoms with Crippen LogP contribution in [0.2, 0.25) is 0 Å². The zero-order chi connectivity index (χ0) is 12.2. The highest BCUT2D eigenvalue weighted by Gasteiger charge is 2.31. The number of hydrogen-bond acceptors (Lipinski definition) is 2. The molecule has 3 N–H and O–H groups in total. The first-order chi connectivity index (χ1) is 7.42. The van der Waals surface area contributed by atoms with Crippen LogP contribution in [0.1, 0.15) is 40.5 Å². The Morgan fingerprint density at radius 3 is 2.75 bits per heavy atom. The lowest BCUT2D eigenvalue weighted by Gasteiger charge is -2.39. The monoisotopic (exact) mass is 227 g/mol. The van der Waals surface area contributed by atoms with Crippen molar-refractivity contribution in [3.8, 4) is 0 Å². The lowest BCUT2D eigenvalue weighted by molar-refractivity contribution is 0.175. The van der Waals surface area contributed by atoms with Crippen molar-refractivity contribution in [2.75, 3.05) is 13.1 Å². The van der Waals surface area contributed by atoms with Gasteiger partial charge in [-0.2, -0.15) is 0 Å². The molecule has 0 radical (unpaired) electrons. The molecule has 0 aromatic carbocycles. The molecule has 0 bridgehead atoms. The van der Waals surface area contributed by atoms with E-state index in [2.05, 4.69) is 29.8 Å². The Balaban J connectivity index is 2.33. The largest absolute Gasteiger partial charge is 0.337 e. The van der Waals surface area contributed by atoms with Gasteiger partial charge in [0.25, 0.3) is 0 Å². The van der Waals surface area contributed by atoms with Crippen molar-refractivity contribution >= 4 is 6.03 Å². The van der Waals surface area contributed by atoms with Gasteiger partial charge in [0.1, 0.15) is 0 Å². The van der Waals surface area contributed by atoms with Crippen LogP contribution < -0.4 is 16.0 Å². The highest BCUT2D eigenvalue weighted by Crippen LogP contribution is 2.29. The molecule has 1 rings (SSSR count). The fourth-order valence-electron chi connectivity index (χ4n) is 2.13. The van der Waals surface area contributed by atoms with Crippen molar-refractivity contribution in [3.05, 3.63) is 0 Å². The molecule has 1 aliphatic heterocycles. The van der Waals surface area contributed by atoms with E-state index in [1.54, 1.807) is 0 Å². The Labute approximate surface area is 98.6 Å². The van der Waals surface area contributed by atoms with Gasteiger partial charge in [-0.15, -0.1) is 0 Å². The number of carbonyl (C=O) groups is 1. The Morgan fingerprint density at radius 1 is 1.50 bits per heavy atom. The standard InChI is InChI=1S/C12H25N3O/c1-9(2)15-11(16)14-8-10-12(3,4)6-5-7-13-10/h9-10,13H,5-8H2,1-4H3,(H2,14,15,16). The minimum Gasteiger partial charge on any atom is -0.337 e. The molecule has 4 nitrogen and oxygen atoms in total. The molecule has 0 aliphatic carbocycles. The Morgan fingerprint density at radius 2 is 2.19 bits per heavy atom. The Bertz CT molecular complexity index is 238. The molecule has 94 valence electrons. The number of nitrogens with one attached hydrogen (secondary N) is 3. The van der Waals surface area contributed by atoms with Gasteiger partial charge in [-0.25, -0.2) is 4.79 Å². The predicted molar refractivity (Wildman–Crippen MR) is 66.5 cm³/mol. The fraction of sp³-hybridized carbons (Fsp3) is 0.917. The molecule has 2 amide bonds. The highest BCUT2D eigenvalue weighted by atomic mass is 16.2.